The van der Waals surface area contributed by atoms with Crippen LogP contribution in [0.4, 0.5) is 0 Å². The number of rotatable bonds is 6. The first-order valence-electron chi connectivity index (χ1n) is 8.94. The van der Waals surface area contributed by atoms with Gasteiger partial charge in [-0.15, -0.1) is 0 Å². The smallest absolute Gasteiger partial charge is 0.267 e. The van der Waals surface area contributed by atoms with Crippen LogP contribution in [0.25, 0.3) is 0 Å². The van der Waals surface area contributed by atoms with Crippen molar-refractivity contribution in [1.29, 1.82) is 0 Å². The molecule has 0 N–H and O–H groups in total. The highest BCUT2D eigenvalue weighted by molar-refractivity contribution is 5.17. The zero-order valence-corrected chi connectivity index (χ0v) is 15.2. The average Bonchev–Trinajstić information content (AvgIpc) is 2.91. The third-order valence-corrected chi connectivity index (χ3v) is 4.73. The molecule has 1 aromatic heterocycles. The van der Waals surface area contributed by atoms with Gasteiger partial charge in [0, 0.05) is 11.8 Å². The van der Waals surface area contributed by atoms with E-state index >= 15 is 0 Å². The Bertz CT molecular complexity index is 862. The highest BCUT2D eigenvalue weighted by Gasteiger charge is 2.19. The van der Waals surface area contributed by atoms with Gasteiger partial charge in [0.1, 0.15) is 0 Å². The van der Waals surface area contributed by atoms with Gasteiger partial charge < -0.3 is 0 Å². The van der Waals surface area contributed by atoms with Gasteiger partial charge >= 0.3 is 0 Å². The van der Waals surface area contributed by atoms with Gasteiger partial charge in [-0.05, 0) is 44.7 Å². The number of hydrogen-bond donors (Lipinski definition) is 0. The summed E-state index contributed by atoms with van der Waals surface area (Å²) in [5.41, 5.74) is 3.65. The Morgan fingerprint density at radius 3 is 1.68 bits per heavy atom. The summed E-state index contributed by atoms with van der Waals surface area (Å²) in [6.45, 7) is 6.33. The van der Waals surface area contributed by atoms with Gasteiger partial charge in [0.05, 0.1) is 12.1 Å². The fraction of sp³-hybridized carbons (Fsp3) is 0.318. The topological polar surface area (TPSA) is 26.9 Å². The van der Waals surface area contributed by atoms with Crippen molar-refractivity contribution in [2.45, 2.75) is 45.7 Å². The summed E-state index contributed by atoms with van der Waals surface area (Å²) < 4.78 is 4.10. The lowest BCUT2D eigenvalue weighted by Gasteiger charge is -2.25. The SMILES string of the molecule is Cc1cc(=O)n([C@@H](C)Cc2ccccc2)n1[C@H](C)Cc1ccccc1. The number of aryl methyl sites for hydroxylation is 1. The molecule has 3 heteroatoms. The number of aromatic nitrogens is 2. The fourth-order valence-electron chi connectivity index (χ4n) is 3.66. The standard InChI is InChI=1S/C22H26N2O/c1-17(14-20-10-6-4-7-11-20)23-19(3)16-22(25)24(23)18(2)15-21-12-8-5-9-13-21/h4-13,16-18H,14-15H2,1-3H3/t17-,18+/m1/s1. The Balaban J connectivity index is 1.88. The van der Waals surface area contributed by atoms with Crippen LogP contribution in [0, 0.1) is 6.92 Å². The molecule has 3 aromatic rings. The molecule has 0 amide bonds. The third kappa shape index (κ3) is 3.93. The molecule has 0 aliphatic rings. The number of benzene rings is 2. The summed E-state index contributed by atoms with van der Waals surface area (Å²) in [4.78, 5) is 12.6. The van der Waals surface area contributed by atoms with E-state index in [-0.39, 0.29) is 17.6 Å². The molecule has 1 heterocycles. The van der Waals surface area contributed by atoms with E-state index in [0.29, 0.717) is 0 Å². The van der Waals surface area contributed by atoms with Crippen LogP contribution in [0.2, 0.25) is 0 Å². The summed E-state index contributed by atoms with van der Waals surface area (Å²) in [5.74, 6) is 0. The first-order valence-corrected chi connectivity index (χ1v) is 8.94. The van der Waals surface area contributed by atoms with Crippen molar-refractivity contribution in [2.75, 3.05) is 0 Å². The second-order valence-electron chi connectivity index (χ2n) is 6.89. The Labute approximate surface area is 149 Å². The quantitative estimate of drug-likeness (QED) is 0.649. The minimum atomic E-state index is 0.0841. The van der Waals surface area contributed by atoms with E-state index in [0.717, 1.165) is 18.5 Å². The van der Waals surface area contributed by atoms with Crippen molar-refractivity contribution < 1.29 is 0 Å². The van der Waals surface area contributed by atoms with Gasteiger partial charge in [0.25, 0.3) is 5.56 Å². The normalized spacial score (nSPS) is 13.6. The Hall–Kier alpha value is -2.55. The van der Waals surface area contributed by atoms with Crippen LogP contribution < -0.4 is 5.56 Å². The molecule has 3 nitrogen and oxygen atoms in total. The zero-order chi connectivity index (χ0) is 17.8. The van der Waals surface area contributed by atoms with E-state index < -0.39 is 0 Å². The molecule has 3 rings (SSSR count). The van der Waals surface area contributed by atoms with Crippen LogP contribution in [0.15, 0.2) is 71.5 Å². The predicted octanol–water partition coefficient (Wildman–Crippen LogP) is 4.57. The molecule has 0 bridgehead atoms. The minimum Gasteiger partial charge on any atom is -0.284 e. The number of hydrogen-bond acceptors (Lipinski definition) is 1. The van der Waals surface area contributed by atoms with E-state index in [1.54, 1.807) is 6.07 Å². The summed E-state index contributed by atoms with van der Waals surface area (Å²) >= 11 is 0. The molecule has 0 saturated carbocycles. The van der Waals surface area contributed by atoms with Crippen molar-refractivity contribution in [2.24, 2.45) is 0 Å². The molecule has 2 atom stereocenters. The molecule has 0 saturated heterocycles. The van der Waals surface area contributed by atoms with E-state index in [1.165, 1.54) is 11.1 Å². The highest BCUT2D eigenvalue weighted by Crippen LogP contribution is 2.20. The van der Waals surface area contributed by atoms with Crippen molar-refractivity contribution in [1.82, 2.24) is 9.36 Å². The summed E-state index contributed by atoms with van der Waals surface area (Å²) in [5, 5.41) is 0. The van der Waals surface area contributed by atoms with Crippen molar-refractivity contribution >= 4 is 0 Å². The van der Waals surface area contributed by atoms with E-state index in [1.807, 2.05) is 35.9 Å². The Morgan fingerprint density at radius 1 is 0.760 bits per heavy atom. The number of nitrogens with zero attached hydrogens (tertiary/aromatic N) is 2. The Kier molecular flexibility index (Phi) is 5.22. The lowest BCUT2D eigenvalue weighted by Crippen LogP contribution is -2.30. The summed E-state index contributed by atoms with van der Waals surface area (Å²) in [7, 11) is 0. The summed E-state index contributed by atoms with van der Waals surface area (Å²) in [6.07, 6.45) is 1.76. The van der Waals surface area contributed by atoms with E-state index in [2.05, 4.69) is 54.9 Å². The molecular formula is C22H26N2O. The molecule has 0 spiro atoms. The third-order valence-electron chi connectivity index (χ3n) is 4.73. The van der Waals surface area contributed by atoms with Gasteiger partial charge in [-0.1, -0.05) is 60.7 Å². The fourth-order valence-corrected chi connectivity index (χ4v) is 3.66. The van der Waals surface area contributed by atoms with Crippen LogP contribution >= 0.6 is 0 Å². The highest BCUT2D eigenvalue weighted by atomic mass is 16.1. The molecule has 0 aliphatic carbocycles. The van der Waals surface area contributed by atoms with Gasteiger partial charge in [0.15, 0.2) is 0 Å². The lowest BCUT2D eigenvalue weighted by atomic mass is 10.1. The van der Waals surface area contributed by atoms with Crippen LogP contribution in [0.5, 0.6) is 0 Å². The molecule has 0 aliphatic heterocycles. The van der Waals surface area contributed by atoms with Gasteiger partial charge in [-0.3, -0.25) is 9.48 Å². The van der Waals surface area contributed by atoms with Crippen LogP contribution in [-0.4, -0.2) is 9.36 Å². The second-order valence-corrected chi connectivity index (χ2v) is 6.89. The zero-order valence-electron chi connectivity index (χ0n) is 15.2. The maximum Gasteiger partial charge on any atom is 0.267 e. The maximum atomic E-state index is 12.6. The van der Waals surface area contributed by atoms with Crippen LogP contribution in [0.3, 0.4) is 0 Å². The molecule has 0 unspecified atom stereocenters. The van der Waals surface area contributed by atoms with E-state index in [9.17, 15) is 4.79 Å². The summed E-state index contributed by atoms with van der Waals surface area (Å²) in [6, 6.07) is 22.9. The largest absolute Gasteiger partial charge is 0.284 e. The first kappa shape index (κ1) is 17.3. The molecule has 0 fully saturated rings. The monoisotopic (exact) mass is 334 g/mol. The molecule has 0 radical (unpaired) electrons. The van der Waals surface area contributed by atoms with Crippen molar-refractivity contribution in [3.8, 4) is 0 Å². The van der Waals surface area contributed by atoms with Gasteiger partial charge in [-0.2, -0.15) is 0 Å². The molecular weight excluding hydrogens is 308 g/mol. The van der Waals surface area contributed by atoms with Crippen molar-refractivity contribution in [3.63, 3.8) is 0 Å². The van der Waals surface area contributed by atoms with Gasteiger partial charge in [-0.25, -0.2) is 4.68 Å². The lowest BCUT2D eigenvalue weighted by molar-refractivity contribution is 0.328. The van der Waals surface area contributed by atoms with Gasteiger partial charge in [0.2, 0.25) is 0 Å². The van der Waals surface area contributed by atoms with Crippen LogP contribution in [0.1, 0.15) is 42.8 Å². The molecule has 2 aromatic carbocycles. The predicted molar refractivity (Wildman–Crippen MR) is 103 cm³/mol. The second kappa shape index (κ2) is 7.56. The van der Waals surface area contributed by atoms with Crippen LogP contribution in [-0.2, 0) is 12.8 Å². The molecule has 25 heavy (non-hydrogen) atoms. The molecule has 130 valence electrons. The van der Waals surface area contributed by atoms with E-state index in [4.69, 9.17) is 0 Å². The first-order chi connectivity index (χ1) is 12.1. The average molecular weight is 334 g/mol. The maximum absolute atomic E-state index is 12.6. The Morgan fingerprint density at radius 2 is 1.20 bits per heavy atom. The van der Waals surface area contributed by atoms with Crippen molar-refractivity contribution in [3.05, 3.63) is 93.9 Å². The minimum absolute atomic E-state index is 0.0841.